The highest BCUT2D eigenvalue weighted by molar-refractivity contribution is 6.08. The van der Waals surface area contributed by atoms with Crippen molar-refractivity contribution in [3.05, 3.63) is 64.8 Å². The van der Waals surface area contributed by atoms with E-state index in [0.29, 0.717) is 16.8 Å². The van der Waals surface area contributed by atoms with Crippen LogP contribution in [0.3, 0.4) is 0 Å². The zero-order valence-electron chi connectivity index (χ0n) is 15.8. The average Bonchev–Trinajstić information content (AvgIpc) is 2.67. The van der Waals surface area contributed by atoms with Gasteiger partial charge in [0.15, 0.2) is 0 Å². The van der Waals surface area contributed by atoms with Crippen LogP contribution in [0.1, 0.15) is 38.9 Å². The zero-order valence-corrected chi connectivity index (χ0v) is 15.8. The molecule has 0 saturated heterocycles. The number of hydrogen-bond donors (Lipinski definition) is 0. The Hall–Kier alpha value is -3.21. The predicted molar refractivity (Wildman–Crippen MR) is 104 cm³/mol. The Bertz CT molecular complexity index is 1040. The van der Waals surface area contributed by atoms with Crippen molar-refractivity contribution in [2.75, 3.05) is 13.7 Å². The first-order valence-corrected chi connectivity index (χ1v) is 8.73. The number of pyridine rings is 1. The summed E-state index contributed by atoms with van der Waals surface area (Å²) in [6, 6.07) is 12.9. The molecule has 1 heterocycles. The molecule has 1 aromatic heterocycles. The molecular formula is C22H21NO4. The fourth-order valence-electron chi connectivity index (χ4n) is 3.20. The van der Waals surface area contributed by atoms with Gasteiger partial charge in [0.2, 0.25) is 0 Å². The lowest BCUT2D eigenvalue weighted by Gasteiger charge is -2.17. The highest BCUT2D eigenvalue weighted by Crippen LogP contribution is 2.36. The van der Waals surface area contributed by atoms with Gasteiger partial charge in [-0.15, -0.1) is 0 Å². The van der Waals surface area contributed by atoms with E-state index in [1.54, 1.807) is 26.0 Å². The summed E-state index contributed by atoms with van der Waals surface area (Å²) in [5, 5.41) is 0.830. The standard InChI is InChI=1S/C22H21NO4/c1-5-27-22(25)19-14(3)23-18-9-7-6-8-16(18)20(19)17-12-15(21(24)26-4)11-10-13(17)2/h6-12H,5H2,1-4H3. The normalized spacial score (nSPS) is 10.7. The van der Waals surface area contributed by atoms with Crippen molar-refractivity contribution in [2.45, 2.75) is 20.8 Å². The van der Waals surface area contributed by atoms with Crippen LogP contribution >= 0.6 is 0 Å². The number of methoxy groups -OCH3 is 1. The van der Waals surface area contributed by atoms with Crippen LogP contribution in [0.25, 0.3) is 22.0 Å². The van der Waals surface area contributed by atoms with Crippen LogP contribution in [0.5, 0.6) is 0 Å². The van der Waals surface area contributed by atoms with E-state index in [2.05, 4.69) is 4.98 Å². The van der Waals surface area contributed by atoms with Gasteiger partial charge in [-0.2, -0.15) is 0 Å². The molecule has 5 nitrogen and oxygen atoms in total. The average molecular weight is 363 g/mol. The molecule has 0 aliphatic carbocycles. The Kier molecular flexibility index (Phi) is 5.21. The van der Waals surface area contributed by atoms with E-state index in [4.69, 9.17) is 9.47 Å². The molecule has 0 amide bonds. The smallest absolute Gasteiger partial charge is 0.340 e. The lowest BCUT2D eigenvalue weighted by atomic mass is 9.90. The van der Waals surface area contributed by atoms with Crippen LogP contribution in [0.15, 0.2) is 42.5 Å². The van der Waals surface area contributed by atoms with Gasteiger partial charge in [0, 0.05) is 10.9 Å². The SMILES string of the molecule is CCOC(=O)c1c(C)nc2ccccc2c1-c1cc(C(=O)OC)ccc1C. The minimum atomic E-state index is -0.427. The molecule has 0 aliphatic heterocycles. The molecule has 138 valence electrons. The Morgan fingerprint density at radius 3 is 2.48 bits per heavy atom. The predicted octanol–water partition coefficient (Wildman–Crippen LogP) is 4.48. The number of carbonyl (C=O) groups excluding carboxylic acids is 2. The molecule has 5 heteroatoms. The zero-order chi connectivity index (χ0) is 19.6. The number of rotatable bonds is 4. The molecule has 3 aromatic rings. The number of aryl methyl sites for hydroxylation is 2. The number of fused-ring (bicyclic) bond motifs is 1. The van der Waals surface area contributed by atoms with Crippen LogP contribution < -0.4 is 0 Å². The first-order valence-electron chi connectivity index (χ1n) is 8.73. The molecule has 0 bridgehead atoms. The van der Waals surface area contributed by atoms with Crippen LogP contribution in [-0.4, -0.2) is 30.6 Å². The number of carbonyl (C=O) groups is 2. The van der Waals surface area contributed by atoms with Gasteiger partial charge in [-0.05, 0) is 50.1 Å². The van der Waals surface area contributed by atoms with Gasteiger partial charge >= 0.3 is 11.9 Å². The monoisotopic (exact) mass is 363 g/mol. The highest BCUT2D eigenvalue weighted by atomic mass is 16.5. The quantitative estimate of drug-likeness (QED) is 0.639. The molecule has 0 aliphatic rings. The Labute approximate surface area is 157 Å². The van der Waals surface area contributed by atoms with Gasteiger partial charge in [-0.25, -0.2) is 9.59 Å². The van der Waals surface area contributed by atoms with Crippen molar-refractivity contribution in [3.63, 3.8) is 0 Å². The second kappa shape index (κ2) is 7.58. The lowest BCUT2D eigenvalue weighted by molar-refractivity contribution is 0.0525. The van der Waals surface area contributed by atoms with Crippen LogP contribution in [0, 0.1) is 13.8 Å². The molecule has 27 heavy (non-hydrogen) atoms. The summed E-state index contributed by atoms with van der Waals surface area (Å²) in [6.45, 7) is 5.77. The first kappa shape index (κ1) is 18.6. The molecular weight excluding hydrogens is 342 g/mol. The van der Waals surface area contributed by atoms with E-state index in [1.165, 1.54) is 7.11 Å². The fourth-order valence-corrected chi connectivity index (χ4v) is 3.20. The van der Waals surface area contributed by atoms with Crippen LogP contribution in [0.4, 0.5) is 0 Å². The minimum absolute atomic E-state index is 0.270. The van der Waals surface area contributed by atoms with E-state index in [0.717, 1.165) is 27.6 Å². The number of nitrogens with zero attached hydrogens (tertiary/aromatic N) is 1. The molecule has 0 N–H and O–H groups in total. The largest absolute Gasteiger partial charge is 0.465 e. The lowest BCUT2D eigenvalue weighted by Crippen LogP contribution is -2.11. The second-order valence-corrected chi connectivity index (χ2v) is 6.21. The summed E-state index contributed by atoms with van der Waals surface area (Å²) in [4.78, 5) is 29.3. The highest BCUT2D eigenvalue weighted by Gasteiger charge is 2.23. The summed E-state index contributed by atoms with van der Waals surface area (Å²) >= 11 is 0. The van der Waals surface area contributed by atoms with Crippen LogP contribution in [0.2, 0.25) is 0 Å². The number of aromatic nitrogens is 1. The van der Waals surface area contributed by atoms with Crippen molar-refractivity contribution in [2.24, 2.45) is 0 Å². The van der Waals surface area contributed by atoms with Gasteiger partial charge < -0.3 is 9.47 Å². The number of benzene rings is 2. The number of esters is 2. The molecule has 0 fully saturated rings. The third-order valence-corrected chi connectivity index (χ3v) is 4.48. The van der Waals surface area contributed by atoms with E-state index < -0.39 is 11.9 Å². The summed E-state index contributed by atoms with van der Waals surface area (Å²) < 4.78 is 10.1. The maximum Gasteiger partial charge on any atom is 0.340 e. The molecule has 3 rings (SSSR count). The molecule has 2 aromatic carbocycles. The molecule has 0 saturated carbocycles. The molecule has 0 radical (unpaired) electrons. The van der Waals surface area contributed by atoms with Crippen molar-refractivity contribution in [3.8, 4) is 11.1 Å². The van der Waals surface area contributed by atoms with E-state index >= 15 is 0 Å². The third-order valence-electron chi connectivity index (χ3n) is 4.48. The molecule has 0 unspecified atom stereocenters. The van der Waals surface area contributed by atoms with E-state index in [-0.39, 0.29) is 6.61 Å². The van der Waals surface area contributed by atoms with Gasteiger partial charge in [-0.1, -0.05) is 24.3 Å². The maximum atomic E-state index is 12.7. The second-order valence-electron chi connectivity index (χ2n) is 6.21. The summed E-state index contributed by atoms with van der Waals surface area (Å²) in [5.41, 5.74) is 4.64. The molecule has 0 spiro atoms. The van der Waals surface area contributed by atoms with Crippen molar-refractivity contribution >= 4 is 22.8 Å². The first-order chi connectivity index (χ1) is 13.0. The van der Waals surface area contributed by atoms with Crippen molar-refractivity contribution in [1.82, 2.24) is 4.98 Å². The minimum Gasteiger partial charge on any atom is -0.465 e. The van der Waals surface area contributed by atoms with E-state index in [1.807, 2.05) is 37.3 Å². The Morgan fingerprint density at radius 1 is 1.04 bits per heavy atom. The number of ether oxygens (including phenoxy) is 2. The Morgan fingerprint density at radius 2 is 1.78 bits per heavy atom. The van der Waals surface area contributed by atoms with Gasteiger partial charge in [0.05, 0.1) is 36.1 Å². The Balaban J connectivity index is 2.40. The number of hydrogen-bond acceptors (Lipinski definition) is 5. The summed E-state index contributed by atoms with van der Waals surface area (Å²) in [7, 11) is 1.35. The van der Waals surface area contributed by atoms with Crippen molar-refractivity contribution in [1.29, 1.82) is 0 Å². The van der Waals surface area contributed by atoms with Gasteiger partial charge in [0.1, 0.15) is 0 Å². The topological polar surface area (TPSA) is 65.5 Å². The summed E-state index contributed by atoms with van der Waals surface area (Å²) in [5.74, 6) is -0.852. The van der Waals surface area contributed by atoms with Gasteiger partial charge in [-0.3, -0.25) is 4.98 Å². The number of para-hydroxylation sites is 1. The summed E-state index contributed by atoms with van der Waals surface area (Å²) in [6.07, 6.45) is 0. The molecule has 0 atom stereocenters. The van der Waals surface area contributed by atoms with E-state index in [9.17, 15) is 9.59 Å². The van der Waals surface area contributed by atoms with Gasteiger partial charge in [0.25, 0.3) is 0 Å². The van der Waals surface area contributed by atoms with Crippen molar-refractivity contribution < 1.29 is 19.1 Å². The maximum absolute atomic E-state index is 12.7. The third kappa shape index (κ3) is 3.40. The fraction of sp³-hybridized carbons (Fsp3) is 0.227. The van der Waals surface area contributed by atoms with Crippen LogP contribution in [-0.2, 0) is 9.47 Å².